The molecule has 0 radical (unpaired) electrons. The standard InChI is InChI=1S/C19H27N3OS/c1-13(20-14(2)23)6-7-15-8-10-16(11-9-15)17-12-24-18(21-17)22-19(3,4)5/h8-13H,6-7H2,1-5H3,(H,20,23)(H,21,22)/t13-/m1/s1. The van der Waals surface area contributed by atoms with Crippen molar-refractivity contribution in [3.63, 3.8) is 0 Å². The Hall–Kier alpha value is -1.88. The van der Waals surface area contributed by atoms with E-state index in [1.807, 2.05) is 6.92 Å². The first kappa shape index (κ1) is 18.5. The molecule has 0 fully saturated rings. The molecule has 0 saturated carbocycles. The minimum absolute atomic E-state index is 0.0174. The molecule has 0 aliphatic carbocycles. The minimum Gasteiger partial charge on any atom is -0.357 e. The number of aromatic nitrogens is 1. The molecule has 1 aromatic heterocycles. The molecule has 0 saturated heterocycles. The van der Waals surface area contributed by atoms with E-state index in [1.165, 1.54) is 5.56 Å². The molecule has 2 rings (SSSR count). The van der Waals surface area contributed by atoms with Crippen molar-refractivity contribution in [3.8, 4) is 11.3 Å². The summed E-state index contributed by atoms with van der Waals surface area (Å²) in [7, 11) is 0. The van der Waals surface area contributed by atoms with Gasteiger partial charge in [0.2, 0.25) is 5.91 Å². The number of carbonyl (C=O) groups excluding carboxylic acids is 1. The molecule has 24 heavy (non-hydrogen) atoms. The van der Waals surface area contributed by atoms with Crippen LogP contribution in [0.15, 0.2) is 29.6 Å². The van der Waals surface area contributed by atoms with E-state index in [-0.39, 0.29) is 17.5 Å². The second kappa shape index (κ2) is 7.79. The lowest BCUT2D eigenvalue weighted by Gasteiger charge is -2.19. The first-order valence-corrected chi connectivity index (χ1v) is 9.21. The largest absolute Gasteiger partial charge is 0.357 e. The predicted octanol–water partition coefficient (Wildman–Crippen LogP) is 4.48. The van der Waals surface area contributed by atoms with Crippen molar-refractivity contribution in [1.82, 2.24) is 10.3 Å². The minimum atomic E-state index is 0.0174. The number of rotatable bonds is 6. The fraction of sp³-hybridized carbons (Fsp3) is 0.474. The van der Waals surface area contributed by atoms with Crippen LogP contribution in [0.2, 0.25) is 0 Å². The quantitative estimate of drug-likeness (QED) is 0.812. The number of nitrogens with zero attached hydrogens (tertiary/aromatic N) is 1. The van der Waals surface area contributed by atoms with Gasteiger partial charge in [-0.15, -0.1) is 11.3 Å². The van der Waals surface area contributed by atoms with Crippen LogP contribution in [-0.4, -0.2) is 22.5 Å². The summed E-state index contributed by atoms with van der Waals surface area (Å²) in [5, 5.41) is 9.36. The Morgan fingerprint density at radius 1 is 1.25 bits per heavy atom. The molecule has 0 spiro atoms. The number of hydrogen-bond acceptors (Lipinski definition) is 4. The number of amides is 1. The van der Waals surface area contributed by atoms with Crippen LogP contribution in [0, 0.1) is 0 Å². The number of aryl methyl sites for hydroxylation is 1. The van der Waals surface area contributed by atoms with Crippen molar-refractivity contribution < 1.29 is 4.79 Å². The van der Waals surface area contributed by atoms with Crippen LogP contribution in [0.25, 0.3) is 11.3 Å². The number of carbonyl (C=O) groups is 1. The highest BCUT2D eigenvalue weighted by atomic mass is 32.1. The van der Waals surface area contributed by atoms with Crippen molar-refractivity contribution in [2.45, 2.75) is 59.0 Å². The summed E-state index contributed by atoms with van der Waals surface area (Å²) in [5.74, 6) is 0.0288. The highest BCUT2D eigenvalue weighted by Gasteiger charge is 2.12. The molecule has 4 nitrogen and oxygen atoms in total. The Morgan fingerprint density at radius 2 is 1.92 bits per heavy atom. The Morgan fingerprint density at radius 3 is 2.50 bits per heavy atom. The second-order valence-electron chi connectivity index (χ2n) is 7.25. The molecular formula is C19H27N3OS. The highest BCUT2D eigenvalue weighted by molar-refractivity contribution is 7.14. The first-order chi connectivity index (χ1) is 11.2. The smallest absolute Gasteiger partial charge is 0.217 e. The third kappa shape index (κ3) is 5.96. The predicted molar refractivity (Wildman–Crippen MR) is 103 cm³/mol. The van der Waals surface area contributed by atoms with Crippen LogP contribution in [0.4, 0.5) is 5.13 Å². The monoisotopic (exact) mass is 345 g/mol. The van der Waals surface area contributed by atoms with Crippen LogP contribution in [0.1, 0.15) is 46.6 Å². The average Bonchev–Trinajstić information content (AvgIpc) is 2.91. The fourth-order valence-electron chi connectivity index (χ4n) is 2.43. The van der Waals surface area contributed by atoms with E-state index in [0.29, 0.717) is 0 Å². The summed E-state index contributed by atoms with van der Waals surface area (Å²) in [6.07, 6.45) is 1.89. The van der Waals surface area contributed by atoms with Crippen LogP contribution in [0.5, 0.6) is 0 Å². The maximum atomic E-state index is 11.0. The maximum Gasteiger partial charge on any atom is 0.217 e. The van der Waals surface area contributed by atoms with Gasteiger partial charge in [0.1, 0.15) is 0 Å². The summed E-state index contributed by atoms with van der Waals surface area (Å²) in [6, 6.07) is 8.73. The highest BCUT2D eigenvalue weighted by Crippen LogP contribution is 2.27. The zero-order valence-corrected chi connectivity index (χ0v) is 16.0. The van der Waals surface area contributed by atoms with Gasteiger partial charge in [-0.05, 0) is 46.1 Å². The van der Waals surface area contributed by atoms with Gasteiger partial charge in [0, 0.05) is 29.4 Å². The molecule has 130 valence electrons. The Bertz CT molecular complexity index is 671. The molecule has 1 aromatic carbocycles. The van der Waals surface area contributed by atoms with E-state index >= 15 is 0 Å². The van der Waals surface area contributed by atoms with Crippen molar-refractivity contribution in [2.24, 2.45) is 0 Å². The Labute approximate surface area is 148 Å². The Balaban J connectivity index is 1.95. The number of nitrogens with one attached hydrogen (secondary N) is 2. The van der Waals surface area contributed by atoms with Gasteiger partial charge in [-0.3, -0.25) is 4.79 Å². The van der Waals surface area contributed by atoms with Gasteiger partial charge in [0.25, 0.3) is 0 Å². The van der Waals surface area contributed by atoms with Crippen molar-refractivity contribution >= 4 is 22.4 Å². The molecule has 0 bridgehead atoms. The van der Waals surface area contributed by atoms with E-state index < -0.39 is 0 Å². The molecular weight excluding hydrogens is 318 g/mol. The summed E-state index contributed by atoms with van der Waals surface area (Å²) < 4.78 is 0. The van der Waals surface area contributed by atoms with E-state index in [2.05, 4.69) is 66.0 Å². The first-order valence-electron chi connectivity index (χ1n) is 8.33. The molecule has 1 amide bonds. The van der Waals surface area contributed by atoms with Gasteiger partial charge >= 0.3 is 0 Å². The normalized spacial score (nSPS) is 12.7. The van der Waals surface area contributed by atoms with E-state index in [0.717, 1.165) is 29.2 Å². The van der Waals surface area contributed by atoms with Crippen molar-refractivity contribution in [3.05, 3.63) is 35.2 Å². The van der Waals surface area contributed by atoms with Gasteiger partial charge in [0.05, 0.1) is 5.69 Å². The van der Waals surface area contributed by atoms with E-state index in [1.54, 1.807) is 18.3 Å². The average molecular weight is 346 g/mol. The topological polar surface area (TPSA) is 54.0 Å². The zero-order valence-electron chi connectivity index (χ0n) is 15.1. The third-order valence-corrected chi connectivity index (χ3v) is 4.31. The van der Waals surface area contributed by atoms with Crippen LogP contribution < -0.4 is 10.6 Å². The Kier molecular flexibility index (Phi) is 5.99. The molecule has 0 aliphatic heterocycles. The molecule has 1 heterocycles. The lowest BCUT2D eigenvalue weighted by atomic mass is 10.0. The SMILES string of the molecule is CC(=O)N[C@H](C)CCc1ccc(-c2csc(NC(C)(C)C)n2)cc1. The molecule has 5 heteroatoms. The lowest BCUT2D eigenvalue weighted by molar-refractivity contribution is -0.119. The summed E-state index contributed by atoms with van der Waals surface area (Å²) in [6.45, 7) is 9.98. The van der Waals surface area contributed by atoms with Crippen LogP contribution >= 0.6 is 11.3 Å². The zero-order chi connectivity index (χ0) is 17.7. The molecule has 0 aliphatic rings. The van der Waals surface area contributed by atoms with Gasteiger partial charge in [0.15, 0.2) is 5.13 Å². The van der Waals surface area contributed by atoms with Crippen LogP contribution in [0.3, 0.4) is 0 Å². The fourth-order valence-corrected chi connectivity index (χ4v) is 3.36. The number of thiazole rings is 1. The summed E-state index contributed by atoms with van der Waals surface area (Å²) in [5.41, 5.74) is 3.43. The molecule has 2 N–H and O–H groups in total. The third-order valence-electron chi connectivity index (χ3n) is 3.55. The van der Waals surface area contributed by atoms with Crippen molar-refractivity contribution in [1.29, 1.82) is 0 Å². The van der Waals surface area contributed by atoms with E-state index in [4.69, 9.17) is 0 Å². The number of anilines is 1. The number of benzene rings is 1. The molecule has 1 atom stereocenters. The summed E-state index contributed by atoms with van der Waals surface area (Å²) in [4.78, 5) is 15.7. The van der Waals surface area contributed by atoms with Gasteiger partial charge in [-0.1, -0.05) is 24.3 Å². The van der Waals surface area contributed by atoms with Gasteiger partial charge in [-0.2, -0.15) is 0 Å². The second-order valence-corrected chi connectivity index (χ2v) is 8.11. The van der Waals surface area contributed by atoms with Gasteiger partial charge < -0.3 is 10.6 Å². The van der Waals surface area contributed by atoms with Crippen LogP contribution in [-0.2, 0) is 11.2 Å². The van der Waals surface area contributed by atoms with E-state index in [9.17, 15) is 4.79 Å². The number of hydrogen-bond donors (Lipinski definition) is 2. The summed E-state index contributed by atoms with van der Waals surface area (Å²) >= 11 is 1.63. The lowest BCUT2D eigenvalue weighted by Crippen LogP contribution is -2.30. The maximum absolute atomic E-state index is 11.0. The van der Waals surface area contributed by atoms with Gasteiger partial charge in [-0.25, -0.2) is 4.98 Å². The molecule has 2 aromatic rings. The molecule has 0 unspecified atom stereocenters. The van der Waals surface area contributed by atoms with Crippen molar-refractivity contribution in [2.75, 3.05) is 5.32 Å².